The molecule has 7 heteroatoms. The van der Waals surface area contributed by atoms with E-state index in [1.165, 1.54) is 6.07 Å². The van der Waals surface area contributed by atoms with Gasteiger partial charge in [0.05, 0.1) is 10.5 Å². The number of hydrogen-bond acceptors (Lipinski definition) is 3. The molecule has 0 aromatic heterocycles. The van der Waals surface area contributed by atoms with Crippen molar-refractivity contribution in [1.82, 2.24) is 4.90 Å². The van der Waals surface area contributed by atoms with Crippen molar-refractivity contribution in [2.24, 2.45) is 0 Å². The SMILES string of the molecule is O=[N+]([O-])c1cc(CN2CCCCC2)cc(C(F)(F)F)c1. The van der Waals surface area contributed by atoms with Crippen molar-refractivity contribution in [3.05, 3.63) is 39.4 Å². The number of benzene rings is 1. The van der Waals surface area contributed by atoms with Crippen LogP contribution in [0.2, 0.25) is 0 Å². The summed E-state index contributed by atoms with van der Waals surface area (Å²) in [5, 5.41) is 10.7. The third-order valence-electron chi connectivity index (χ3n) is 3.37. The molecule has 0 saturated carbocycles. The fraction of sp³-hybridized carbons (Fsp3) is 0.538. The van der Waals surface area contributed by atoms with Crippen molar-refractivity contribution < 1.29 is 18.1 Å². The van der Waals surface area contributed by atoms with Gasteiger partial charge in [-0.25, -0.2) is 0 Å². The molecule has 0 spiro atoms. The molecule has 0 amide bonds. The summed E-state index contributed by atoms with van der Waals surface area (Å²) in [6, 6.07) is 2.81. The average molecular weight is 288 g/mol. The van der Waals surface area contributed by atoms with Crippen molar-refractivity contribution in [3.8, 4) is 0 Å². The van der Waals surface area contributed by atoms with Gasteiger partial charge in [-0.1, -0.05) is 6.42 Å². The highest BCUT2D eigenvalue weighted by atomic mass is 19.4. The maximum absolute atomic E-state index is 12.8. The van der Waals surface area contributed by atoms with E-state index in [-0.39, 0.29) is 0 Å². The number of hydrogen-bond donors (Lipinski definition) is 0. The van der Waals surface area contributed by atoms with Crippen LogP contribution >= 0.6 is 0 Å². The van der Waals surface area contributed by atoms with E-state index in [0.717, 1.165) is 38.4 Å². The van der Waals surface area contributed by atoms with Crippen LogP contribution in [0.5, 0.6) is 0 Å². The van der Waals surface area contributed by atoms with Crippen molar-refractivity contribution in [1.29, 1.82) is 0 Å². The van der Waals surface area contributed by atoms with Crippen LogP contribution in [0.25, 0.3) is 0 Å². The van der Waals surface area contributed by atoms with Crippen molar-refractivity contribution in [2.45, 2.75) is 32.0 Å². The number of non-ortho nitro benzene ring substituents is 1. The van der Waals surface area contributed by atoms with Gasteiger partial charge in [-0.3, -0.25) is 15.0 Å². The maximum atomic E-state index is 12.8. The Bertz CT molecular complexity index is 497. The fourth-order valence-electron chi connectivity index (χ4n) is 2.41. The highest BCUT2D eigenvalue weighted by molar-refractivity contribution is 5.40. The monoisotopic (exact) mass is 288 g/mol. The topological polar surface area (TPSA) is 46.4 Å². The third kappa shape index (κ3) is 3.69. The van der Waals surface area contributed by atoms with Gasteiger partial charge in [-0.15, -0.1) is 0 Å². The standard InChI is InChI=1S/C13H15F3N2O2/c14-13(15,16)11-6-10(7-12(8-11)18(19)20)9-17-4-2-1-3-5-17/h6-8H,1-5,9H2. The molecule has 0 unspecified atom stereocenters. The number of alkyl halides is 3. The molecular weight excluding hydrogens is 273 g/mol. The van der Waals surface area contributed by atoms with Gasteiger partial charge in [0.15, 0.2) is 0 Å². The first kappa shape index (κ1) is 14.8. The Morgan fingerprint density at radius 2 is 1.80 bits per heavy atom. The molecule has 0 N–H and O–H groups in total. The van der Waals surface area contributed by atoms with E-state index in [1.807, 2.05) is 4.90 Å². The Morgan fingerprint density at radius 3 is 2.35 bits per heavy atom. The van der Waals surface area contributed by atoms with Crippen LogP contribution in [0, 0.1) is 10.1 Å². The van der Waals surface area contributed by atoms with Crippen LogP contribution in [-0.2, 0) is 12.7 Å². The van der Waals surface area contributed by atoms with Gasteiger partial charge >= 0.3 is 6.18 Å². The number of nitro groups is 1. The largest absolute Gasteiger partial charge is 0.416 e. The summed E-state index contributed by atoms with van der Waals surface area (Å²) in [5.74, 6) is 0. The quantitative estimate of drug-likeness (QED) is 0.630. The van der Waals surface area contributed by atoms with Crippen molar-refractivity contribution in [3.63, 3.8) is 0 Å². The Hall–Kier alpha value is -1.63. The van der Waals surface area contributed by atoms with Gasteiger partial charge in [0.1, 0.15) is 0 Å². The summed E-state index contributed by atoms with van der Waals surface area (Å²) in [6.07, 6.45) is -1.41. The predicted octanol–water partition coefficient (Wildman–Crippen LogP) is 3.60. The van der Waals surface area contributed by atoms with Crippen LogP contribution in [0.3, 0.4) is 0 Å². The number of halogens is 3. The molecule has 1 saturated heterocycles. The lowest BCUT2D eigenvalue weighted by Crippen LogP contribution is -2.29. The van der Waals surface area contributed by atoms with Crippen molar-refractivity contribution in [2.75, 3.05) is 13.1 Å². The van der Waals surface area contributed by atoms with E-state index < -0.39 is 22.4 Å². The minimum absolute atomic E-state index is 0.324. The first-order valence-corrected chi connectivity index (χ1v) is 6.44. The highest BCUT2D eigenvalue weighted by Gasteiger charge is 2.32. The zero-order valence-corrected chi connectivity index (χ0v) is 10.8. The van der Waals surface area contributed by atoms with Gasteiger partial charge in [-0.05, 0) is 37.6 Å². The Kier molecular flexibility index (Phi) is 4.27. The molecule has 0 atom stereocenters. The molecule has 4 nitrogen and oxygen atoms in total. The molecule has 110 valence electrons. The lowest BCUT2D eigenvalue weighted by molar-refractivity contribution is -0.385. The summed E-state index contributed by atoms with van der Waals surface area (Å²) in [5.41, 5.74) is -1.13. The van der Waals surface area contributed by atoms with Crippen LogP contribution in [0.1, 0.15) is 30.4 Å². The molecule has 0 radical (unpaired) electrons. The zero-order valence-electron chi connectivity index (χ0n) is 10.8. The second kappa shape index (κ2) is 5.78. The fourth-order valence-corrected chi connectivity index (χ4v) is 2.41. The van der Waals surface area contributed by atoms with Crippen molar-refractivity contribution >= 4 is 5.69 Å². The first-order valence-electron chi connectivity index (χ1n) is 6.44. The summed E-state index contributed by atoms with van der Waals surface area (Å²) in [6.45, 7) is 1.97. The van der Waals surface area contributed by atoms with E-state index in [2.05, 4.69) is 0 Å². The Morgan fingerprint density at radius 1 is 1.15 bits per heavy atom. The molecular formula is C13H15F3N2O2. The molecule has 1 heterocycles. The molecule has 1 aromatic carbocycles. The molecule has 20 heavy (non-hydrogen) atoms. The maximum Gasteiger partial charge on any atom is 0.416 e. The second-order valence-corrected chi connectivity index (χ2v) is 4.98. The molecule has 0 bridgehead atoms. The van der Waals surface area contributed by atoms with Gasteiger partial charge in [-0.2, -0.15) is 13.2 Å². The van der Waals surface area contributed by atoms with Crippen LogP contribution in [0.4, 0.5) is 18.9 Å². The van der Waals surface area contributed by atoms with Crippen LogP contribution in [0.15, 0.2) is 18.2 Å². The van der Waals surface area contributed by atoms with E-state index in [0.29, 0.717) is 18.2 Å². The highest BCUT2D eigenvalue weighted by Crippen LogP contribution is 2.33. The molecule has 1 aromatic rings. The van der Waals surface area contributed by atoms with Gasteiger partial charge < -0.3 is 0 Å². The average Bonchev–Trinajstić information content (AvgIpc) is 2.38. The second-order valence-electron chi connectivity index (χ2n) is 4.98. The summed E-state index contributed by atoms with van der Waals surface area (Å²) in [7, 11) is 0. The number of rotatable bonds is 3. The van der Waals surface area contributed by atoms with Gasteiger partial charge in [0.2, 0.25) is 0 Å². The first-order chi connectivity index (χ1) is 9.36. The number of nitro benzene ring substituents is 1. The molecule has 2 rings (SSSR count). The van der Waals surface area contributed by atoms with E-state index in [1.54, 1.807) is 0 Å². The summed E-state index contributed by atoms with van der Waals surface area (Å²) in [4.78, 5) is 12.0. The van der Waals surface area contributed by atoms with Crippen LogP contribution < -0.4 is 0 Å². The van der Waals surface area contributed by atoms with Gasteiger partial charge in [0, 0.05) is 18.7 Å². The number of nitrogens with zero attached hydrogens (tertiary/aromatic N) is 2. The number of piperidine rings is 1. The van der Waals surface area contributed by atoms with Gasteiger partial charge in [0.25, 0.3) is 5.69 Å². The minimum Gasteiger partial charge on any atom is -0.299 e. The van der Waals surface area contributed by atoms with Crippen LogP contribution in [-0.4, -0.2) is 22.9 Å². The Balaban J connectivity index is 2.26. The lowest BCUT2D eigenvalue weighted by Gasteiger charge is -2.26. The van der Waals surface area contributed by atoms with E-state index in [9.17, 15) is 23.3 Å². The third-order valence-corrected chi connectivity index (χ3v) is 3.37. The molecule has 0 aliphatic carbocycles. The van der Waals surface area contributed by atoms with E-state index >= 15 is 0 Å². The zero-order chi connectivity index (χ0) is 14.8. The summed E-state index contributed by atoms with van der Waals surface area (Å²) < 4.78 is 38.3. The lowest BCUT2D eigenvalue weighted by atomic mass is 10.1. The molecule has 1 fully saturated rings. The summed E-state index contributed by atoms with van der Waals surface area (Å²) >= 11 is 0. The predicted molar refractivity (Wildman–Crippen MR) is 67.2 cm³/mol. The smallest absolute Gasteiger partial charge is 0.299 e. The molecule has 1 aliphatic heterocycles. The minimum atomic E-state index is -4.57. The number of likely N-dealkylation sites (tertiary alicyclic amines) is 1. The van der Waals surface area contributed by atoms with E-state index in [4.69, 9.17) is 0 Å². The molecule has 1 aliphatic rings. The normalized spacial score (nSPS) is 17.1. The Labute approximate surface area is 114 Å².